The normalized spacial score (nSPS) is 23.2. The molecule has 3 nitrogen and oxygen atoms in total. The van der Waals surface area contributed by atoms with Crippen molar-refractivity contribution in [3.8, 4) is 0 Å². The van der Waals surface area contributed by atoms with E-state index in [4.69, 9.17) is 5.73 Å². The van der Waals surface area contributed by atoms with Gasteiger partial charge in [-0.2, -0.15) is 0 Å². The van der Waals surface area contributed by atoms with Crippen molar-refractivity contribution in [1.82, 2.24) is 4.90 Å². The van der Waals surface area contributed by atoms with Crippen molar-refractivity contribution >= 4 is 5.91 Å². The second-order valence-electron chi connectivity index (χ2n) is 4.10. The molecule has 1 aromatic carbocycles. The average molecular weight is 204 g/mol. The molecule has 0 spiro atoms. The quantitative estimate of drug-likeness (QED) is 0.789. The highest BCUT2D eigenvalue weighted by Crippen LogP contribution is 2.24. The maximum Gasteiger partial charge on any atom is 0.224 e. The average Bonchev–Trinajstić information content (AvgIpc) is 2.58. The third kappa shape index (κ3) is 2.02. The third-order valence-electron chi connectivity index (χ3n) is 2.94. The van der Waals surface area contributed by atoms with Crippen LogP contribution >= 0.6 is 0 Å². The van der Waals surface area contributed by atoms with Crippen LogP contribution in [-0.2, 0) is 4.79 Å². The molecule has 1 heterocycles. The molecule has 2 atom stereocenters. The maximum absolute atomic E-state index is 11.6. The molecule has 0 saturated carbocycles. The van der Waals surface area contributed by atoms with E-state index in [0.717, 1.165) is 0 Å². The zero-order chi connectivity index (χ0) is 10.8. The van der Waals surface area contributed by atoms with Crippen molar-refractivity contribution in [2.75, 3.05) is 6.54 Å². The summed E-state index contributed by atoms with van der Waals surface area (Å²) in [5.41, 5.74) is 6.94. The van der Waals surface area contributed by atoms with Crippen LogP contribution in [0.1, 0.15) is 24.9 Å². The lowest BCUT2D eigenvalue weighted by atomic mass is 10.1. The monoisotopic (exact) mass is 204 g/mol. The third-order valence-corrected chi connectivity index (χ3v) is 2.94. The predicted molar refractivity (Wildman–Crippen MR) is 59.2 cm³/mol. The molecule has 0 aromatic heterocycles. The van der Waals surface area contributed by atoms with Crippen LogP contribution in [0.5, 0.6) is 0 Å². The Morgan fingerprint density at radius 3 is 2.60 bits per heavy atom. The Balaban J connectivity index is 2.15. The van der Waals surface area contributed by atoms with Crippen LogP contribution in [0.25, 0.3) is 0 Å². The van der Waals surface area contributed by atoms with Crippen molar-refractivity contribution < 1.29 is 4.79 Å². The fraction of sp³-hybridized carbons (Fsp3) is 0.417. The number of likely N-dealkylation sites (tertiary alicyclic amines) is 1. The Labute approximate surface area is 89.9 Å². The fourth-order valence-corrected chi connectivity index (χ4v) is 2.05. The van der Waals surface area contributed by atoms with E-state index >= 15 is 0 Å². The van der Waals surface area contributed by atoms with Crippen LogP contribution in [0.3, 0.4) is 0 Å². The minimum absolute atomic E-state index is 0.00339. The summed E-state index contributed by atoms with van der Waals surface area (Å²) in [6.45, 7) is 2.72. The van der Waals surface area contributed by atoms with Gasteiger partial charge < -0.3 is 10.6 Å². The molecule has 2 unspecified atom stereocenters. The largest absolute Gasteiger partial charge is 0.334 e. The SMILES string of the molecule is CC(c1ccccc1)N1CC(N)CC1=O. The lowest BCUT2D eigenvalue weighted by Gasteiger charge is -2.24. The molecule has 1 aliphatic heterocycles. The molecule has 1 fully saturated rings. The molecule has 3 heteroatoms. The van der Waals surface area contributed by atoms with Crippen molar-refractivity contribution in [1.29, 1.82) is 0 Å². The maximum atomic E-state index is 11.6. The fourth-order valence-electron chi connectivity index (χ4n) is 2.05. The summed E-state index contributed by atoms with van der Waals surface area (Å²) >= 11 is 0. The van der Waals surface area contributed by atoms with Gasteiger partial charge in [0.2, 0.25) is 5.91 Å². The summed E-state index contributed by atoms with van der Waals surface area (Å²) in [6, 6.07) is 10.2. The lowest BCUT2D eigenvalue weighted by molar-refractivity contribution is -0.129. The zero-order valence-electron chi connectivity index (χ0n) is 8.89. The number of rotatable bonds is 2. The zero-order valence-corrected chi connectivity index (χ0v) is 8.89. The molecule has 2 rings (SSSR count). The van der Waals surface area contributed by atoms with E-state index in [1.807, 2.05) is 42.2 Å². The van der Waals surface area contributed by atoms with Crippen LogP contribution in [0.2, 0.25) is 0 Å². The summed E-state index contributed by atoms with van der Waals surface area (Å²) in [5, 5.41) is 0. The molecule has 1 saturated heterocycles. The summed E-state index contributed by atoms with van der Waals surface area (Å²) in [5.74, 6) is 0.166. The molecule has 1 aromatic rings. The summed E-state index contributed by atoms with van der Waals surface area (Å²) in [7, 11) is 0. The molecule has 1 aliphatic rings. The van der Waals surface area contributed by atoms with Gasteiger partial charge in [0.25, 0.3) is 0 Å². The second-order valence-corrected chi connectivity index (χ2v) is 4.10. The van der Waals surface area contributed by atoms with E-state index in [-0.39, 0.29) is 18.0 Å². The van der Waals surface area contributed by atoms with Gasteiger partial charge in [0, 0.05) is 19.0 Å². The smallest absolute Gasteiger partial charge is 0.224 e. The number of hydrogen-bond acceptors (Lipinski definition) is 2. The molecule has 0 aliphatic carbocycles. The molecular formula is C12H16N2O. The first-order valence-electron chi connectivity index (χ1n) is 5.28. The number of carbonyl (C=O) groups excluding carboxylic acids is 1. The molecule has 15 heavy (non-hydrogen) atoms. The van der Waals surface area contributed by atoms with Gasteiger partial charge in [-0.3, -0.25) is 4.79 Å². The first-order valence-corrected chi connectivity index (χ1v) is 5.28. The van der Waals surface area contributed by atoms with E-state index in [9.17, 15) is 4.79 Å². The summed E-state index contributed by atoms with van der Waals surface area (Å²) in [6.07, 6.45) is 0.483. The summed E-state index contributed by atoms with van der Waals surface area (Å²) in [4.78, 5) is 13.5. The van der Waals surface area contributed by atoms with Crippen LogP contribution in [0, 0.1) is 0 Å². The molecule has 0 radical (unpaired) electrons. The highest BCUT2D eigenvalue weighted by Gasteiger charge is 2.30. The summed E-state index contributed by atoms with van der Waals surface area (Å²) < 4.78 is 0. The van der Waals surface area contributed by atoms with Crippen LogP contribution in [0.4, 0.5) is 0 Å². The van der Waals surface area contributed by atoms with E-state index in [0.29, 0.717) is 13.0 Å². The molecular weight excluding hydrogens is 188 g/mol. The minimum Gasteiger partial charge on any atom is -0.334 e. The number of hydrogen-bond donors (Lipinski definition) is 1. The highest BCUT2D eigenvalue weighted by molar-refractivity contribution is 5.79. The van der Waals surface area contributed by atoms with E-state index < -0.39 is 0 Å². The van der Waals surface area contributed by atoms with Gasteiger partial charge in [-0.25, -0.2) is 0 Å². The Morgan fingerprint density at radius 1 is 1.40 bits per heavy atom. The standard InChI is InChI=1S/C12H16N2O/c1-9(10-5-3-2-4-6-10)14-8-11(13)7-12(14)15/h2-6,9,11H,7-8,13H2,1H3. The van der Waals surface area contributed by atoms with Gasteiger partial charge in [0.1, 0.15) is 0 Å². The Morgan fingerprint density at radius 2 is 2.07 bits per heavy atom. The van der Waals surface area contributed by atoms with Gasteiger partial charge in [-0.05, 0) is 12.5 Å². The Bertz CT molecular complexity index is 350. The number of nitrogens with zero attached hydrogens (tertiary/aromatic N) is 1. The predicted octanol–water partition coefficient (Wildman–Crippen LogP) is 1.31. The van der Waals surface area contributed by atoms with Gasteiger partial charge in [-0.15, -0.1) is 0 Å². The first kappa shape index (κ1) is 10.2. The van der Waals surface area contributed by atoms with Gasteiger partial charge >= 0.3 is 0 Å². The number of carbonyl (C=O) groups is 1. The molecule has 1 amide bonds. The molecule has 80 valence electrons. The molecule has 0 bridgehead atoms. The van der Waals surface area contributed by atoms with Crippen LogP contribution in [-0.4, -0.2) is 23.4 Å². The number of nitrogens with two attached hydrogens (primary N) is 1. The molecule has 2 N–H and O–H groups in total. The lowest BCUT2D eigenvalue weighted by Crippen LogP contribution is -2.30. The van der Waals surface area contributed by atoms with E-state index in [1.54, 1.807) is 0 Å². The van der Waals surface area contributed by atoms with Gasteiger partial charge in [0.15, 0.2) is 0 Å². The van der Waals surface area contributed by atoms with Crippen molar-refractivity contribution in [3.63, 3.8) is 0 Å². The van der Waals surface area contributed by atoms with Crippen molar-refractivity contribution in [2.24, 2.45) is 5.73 Å². The van der Waals surface area contributed by atoms with Gasteiger partial charge in [-0.1, -0.05) is 30.3 Å². The number of benzene rings is 1. The first-order chi connectivity index (χ1) is 7.18. The topological polar surface area (TPSA) is 46.3 Å². The Kier molecular flexibility index (Phi) is 2.73. The van der Waals surface area contributed by atoms with Gasteiger partial charge in [0.05, 0.1) is 6.04 Å². The highest BCUT2D eigenvalue weighted by atomic mass is 16.2. The second kappa shape index (κ2) is 4.03. The van der Waals surface area contributed by atoms with Crippen LogP contribution < -0.4 is 5.73 Å². The van der Waals surface area contributed by atoms with Crippen molar-refractivity contribution in [2.45, 2.75) is 25.4 Å². The van der Waals surface area contributed by atoms with E-state index in [1.165, 1.54) is 5.56 Å². The number of amides is 1. The van der Waals surface area contributed by atoms with Crippen LogP contribution in [0.15, 0.2) is 30.3 Å². The Hall–Kier alpha value is -1.35. The van der Waals surface area contributed by atoms with Crippen molar-refractivity contribution in [3.05, 3.63) is 35.9 Å². The van der Waals surface area contributed by atoms with E-state index in [2.05, 4.69) is 0 Å². The minimum atomic E-state index is 0.00339.